The summed E-state index contributed by atoms with van der Waals surface area (Å²) in [5.41, 5.74) is 0.978. The molecule has 90 valence electrons. The molecule has 0 aromatic heterocycles. The lowest BCUT2D eigenvalue weighted by molar-refractivity contribution is -0.120. The van der Waals surface area contributed by atoms with E-state index in [2.05, 4.69) is 5.32 Å². The highest BCUT2D eigenvalue weighted by molar-refractivity contribution is 5.98. The maximum absolute atomic E-state index is 13.7. The van der Waals surface area contributed by atoms with Gasteiger partial charge in [-0.2, -0.15) is 0 Å². The van der Waals surface area contributed by atoms with Crippen molar-refractivity contribution in [2.75, 3.05) is 30.5 Å². The molecule has 2 atom stereocenters. The van der Waals surface area contributed by atoms with E-state index >= 15 is 0 Å². The summed E-state index contributed by atoms with van der Waals surface area (Å²) in [5.74, 6) is -0.793. The van der Waals surface area contributed by atoms with Crippen LogP contribution >= 0.6 is 0 Å². The van der Waals surface area contributed by atoms with Gasteiger partial charge in [-0.05, 0) is 12.1 Å². The summed E-state index contributed by atoms with van der Waals surface area (Å²) in [6.07, 6.45) is 0. The number of nitrogens with zero attached hydrogens (tertiary/aromatic N) is 1. The number of likely N-dealkylation sites (N-methyl/N-ethyl adjacent to an activating group) is 1. The van der Waals surface area contributed by atoms with Crippen LogP contribution in [0.4, 0.5) is 15.8 Å². The number of nitrogens with one attached hydrogen (secondary N) is 1. The number of hydrogen-bond donors (Lipinski definition) is 1. The van der Waals surface area contributed by atoms with Crippen LogP contribution < -0.4 is 10.2 Å². The lowest BCUT2D eigenvalue weighted by Crippen LogP contribution is -2.40. The van der Waals surface area contributed by atoms with Crippen molar-refractivity contribution in [2.45, 2.75) is 6.04 Å². The zero-order chi connectivity index (χ0) is 12.0. The van der Waals surface area contributed by atoms with Crippen molar-refractivity contribution in [3.63, 3.8) is 0 Å². The molecule has 2 unspecified atom stereocenters. The monoisotopic (exact) mass is 236 g/mol. The van der Waals surface area contributed by atoms with Crippen LogP contribution in [0, 0.1) is 11.7 Å². The number of para-hydroxylation sites is 1. The quantitative estimate of drug-likeness (QED) is 0.736. The molecule has 1 aromatic rings. The van der Waals surface area contributed by atoms with Crippen LogP contribution in [0.3, 0.4) is 0 Å². The van der Waals surface area contributed by atoms with E-state index in [-0.39, 0.29) is 23.6 Å². The first-order chi connectivity index (χ1) is 8.18. The Morgan fingerprint density at radius 2 is 2.29 bits per heavy atom. The van der Waals surface area contributed by atoms with E-state index in [4.69, 9.17) is 4.74 Å². The molecular weight excluding hydrogens is 223 g/mol. The molecule has 4 nitrogen and oxygen atoms in total. The zero-order valence-electron chi connectivity index (χ0n) is 9.44. The third kappa shape index (κ3) is 1.50. The largest absolute Gasteiger partial charge is 0.378 e. The highest BCUT2D eigenvalue weighted by Crippen LogP contribution is 2.35. The van der Waals surface area contributed by atoms with Crippen LogP contribution in [-0.4, -0.2) is 32.2 Å². The molecular formula is C12H13FN2O2. The number of benzene rings is 1. The summed E-state index contributed by atoms with van der Waals surface area (Å²) in [4.78, 5) is 13.9. The molecule has 3 rings (SSSR count). The molecule has 1 N–H and O–H groups in total. The predicted molar refractivity (Wildman–Crippen MR) is 61.5 cm³/mol. The molecule has 17 heavy (non-hydrogen) atoms. The lowest BCUT2D eigenvalue weighted by atomic mass is 10.0. The first-order valence-corrected chi connectivity index (χ1v) is 5.58. The summed E-state index contributed by atoms with van der Waals surface area (Å²) in [5, 5.41) is 2.66. The molecule has 2 aliphatic heterocycles. The molecule has 0 saturated carbocycles. The van der Waals surface area contributed by atoms with E-state index in [0.29, 0.717) is 18.9 Å². The standard InChI is InChI=1S/C12H13FN2O2/c1-15-9-4-2-3-8(13)11(9)14-12(16)7-5-17-6-10(7)15/h2-4,7,10H,5-6H2,1H3,(H,14,16). The van der Waals surface area contributed by atoms with Gasteiger partial charge in [0, 0.05) is 7.05 Å². The molecule has 0 bridgehead atoms. The van der Waals surface area contributed by atoms with Crippen LogP contribution in [0.5, 0.6) is 0 Å². The fourth-order valence-corrected chi connectivity index (χ4v) is 2.50. The summed E-state index contributed by atoms with van der Waals surface area (Å²) in [6.45, 7) is 0.904. The maximum Gasteiger partial charge on any atom is 0.232 e. The number of rotatable bonds is 0. The van der Waals surface area contributed by atoms with E-state index in [1.807, 2.05) is 11.9 Å². The van der Waals surface area contributed by atoms with Gasteiger partial charge in [0.25, 0.3) is 0 Å². The van der Waals surface area contributed by atoms with Crippen molar-refractivity contribution in [1.29, 1.82) is 0 Å². The molecule has 0 spiro atoms. The average molecular weight is 236 g/mol. The Balaban J connectivity index is 2.12. The van der Waals surface area contributed by atoms with E-state index in [9.17, 15) is 9.18 Å². The fraction of sp³-hybridized carbons (Fsp3) is 0.417. The number of anilines is 2. The topological polar surface area (TPSA) is 41.6 Å². The van der Waals surface area contributed by atoms with Gasteiger partial charge in [0.2, 0.25) is 5.91 Å². The van der Waals surface area contributed by atoms with Crippen LogP contribution in [-0.2, 0) is 9.53 Å². The van der Waals surface area contributed by atoms with Gasteiger partial charge in [-0.15, -0.1) is 0 Å². The SMILES string of the molecule is CN1c2cccc(F)c2NC(=O)C2COCC21. The minimum atomic E-state index is -0.399. The number of hydrogen-bond acceptors (Lipinski definition) is 3. The molecule has 1 saturated heterocycles. The number of carbonyl (C=O) groups is 1. The second-order valence-electron chi connectivity index (χ2n) is 4.45. The predicted octanol–water partition coefficient (Wildman–Crippen LogP) is 1.23. The molecule has 0 aliphatic carbocycles. The molecule has 0 radical (unpaired) electrons. The third-order valence-electron chi connectivity index (χ3n) is 3.50. The number of carbonyl (C=O) groups excluding carboxylic acids is 1. The Kier molecular flexibility index (Phi) is 2.29. The fourth-order valence-electron chi connectivity index (χ4n) is 2.50. The minimum Gasteiger partial charge on any atom is -0.378 e. The van der Waals surface area contributed by atoms with Crippen molar-refractivity contribution in [3.05, 3.63) is 24.0 Å². The van der Waals surface area contributed by atoms with Gasteiger partial charge in [0.1, 0.15) is 11.5 Å². The highest BCUT2D eigenvalue weighted by Gasteiger charge is 2.40. The Morgan fingerprint density at radius 3 is 3.12 bits per heavy atom. The van der Waals surface area contributed by atoms with E-state index in [1.165, 1.54) is 6.07 Å². The van der Waals surface area contributed by atoms with E-state index in [0.717, 1.165) is 0 Å². The second-order valence-corrected chi connectivity index (χ2v) is 4.45. The molecule has 1 aromatic carbocycles. The van der Waals surface area contributed by atoms with Crippen LogP contribution in [0.2, 0.25) is 0 Å². The van der Waals surface area contributed by atoms with Gasteiger partial charge >= 0.3 is 0 Å². The van der Waals surface area contributed by atoms with Crippen LogP contribution in [0.15, 0.2) is 18.2 Å². The van der Waals surface area contributed by atoms with Crippen molar-refractivity contribution in [3.8, 4) is 0 Å². The Morgan fingerprint density at radius 1 is 1.47 bits per heavy atom. The summed E-state index contributed by atoms with van der Waals surface area (Å²) < 4.78 is 19.0. The van der Waals surface area contributed by atoms with Crippen molar-refractivity contribution in [1.82, 2.24) is 0 Å². The summed E-state index contributed by atoms with van der Waals surface area (Å²) >= 11 is 0. The Labute approximate surface area is 98.4 Å². The van der Waals surface area contributed by atoms with Gasteiger partial charge in [-0.3, -0.25) is 4.79 Å². The molecule has 5 heteroatoms. The number of halogens is 1. The second kappa shape index (κ2) is 3.70. The first kappa shape index (κ1) is 10.5. The smallest absolute Gasteiger partial charge is 0.232 e. The van der Waals surface area contributed by atoms with Crippen LogP contribution in [0.1, 0.15) is 0 Å². The first-order valence-electron chi connectivity index (χ1n) is 5.58. The number of ether oxygens (including phenoxy) is 1. The normalized spacial score (nSPS) is 27.2. The van der Waals surface area contributed by atoms with Crippen molar-refractivity contribution in [2.24, 2.45) is 5.92 Å². The zero-order valence-corrected chi connectivity index (χ0v) is 9.44. The third-order valence-corrected chi connectivity index (χ3v) is 3.50. The summed E-state index contributed by atoms with van der Waals surface area (Å²) in [7, 11) is 1.87. The lowest BCUT2D eigenvalue weighted by Gasteiger charge is -2.26. The van der Waals surface area contributed by atoms with Crippen molar-refractivity contribution < 1.29 is 13.9 Å². The number of fused-ring (bicyclic) bond motifs is 2. The van der Waals surface area contributed by atoms with E-state index in [1.54, 1.807) is 12.1 Å². The van der Waals surface area contributed by atoms with Gasteiger partial charge in [-0.25, -0.2) is 4.39 Å². The van der Waals surface area contributed by atoms with Crippen molar-refractivity contribution >= 4 is 17.3 Å². The van der Waals surface area contributed by atoms with Gasteiger partial charge in [-0.1, -0.05) is 6.07 Å². The molecule has 2 heterocycles. The highest BCUT2D eigenvalue weighted by atomic mass is 19.1. The number of amides is 1. The van der Waals surface area contributed by atoms with E-state index < -0.39 is 5.82 Å². The maximum atomic E-state index is 13.7. The van der Waals surface area contributed by atoms with Gasteiger partial charge in [0.05, 0.1) is 30.9 Å². The van der Waals surface area contributed by atoms with Gasteiger partial charge < -0.3 is 15.0 Å². The average Bonchev–Trinajstić information content (AvgIpc) is 2.76. The molecule has 1 amide bonds. The molecule has 1 fully saturated rings. The Hall–Kier alpha value is -1.62. The van der Waals surface area contributed by atoms with Crippen LogP contribution in [0.25, 0.3) is 0 Å². The Bertz CT molecular complexity index is 478. The summed E-state index contributed by atoms with van der Waals surface area (Å²) in [6, 6.07) is 4.79. The van der Waals surface area contributed by atoms with Gasteiger partial charge in [0.15, 0.2) is 0 Å². The molecule has 2 aliphatic rings. The minimum absolute atomic E-state index is 0.0157.